The van der Waals surface area contributed by atoms with E-state index in [1.807, 2.05) is 26.0 Å². The molecule has 1 aromatic carbocycles. The first-order chi connectivity index (χ1) is 7.63. The summed E-state index contributed by atoms with van der Waals surface area (Å²) in [6, 6.07) is 5.97. The molecule has 0 aliphatic rings. The molecule has 3 nitrogen and oxygen atoms in total. The molecule has 3 N–H and O–H groups in total. The standard InChI is InChI=1S/C12H15N3S/c1-8-3-10(13)5-11(4-8)14-6-12-7-16-9(2)15-12/h3-5,7,14H,6,13H2,1-2H3. The third-order valence-corrected chi connectivity index (χ3v) is 3.06. The fourth-order valence-electron chi connectivity index (χ4n) is 1.60. The quantitative estimate of drug-likeness (QED) is 0.801. The fourth-order valence-corrected chi connectivity index (χ4v) is 2.21. The summed E-state index contributed by atoms with van der Waals surface area (Å²) >= 11 is 1.67. The van der Waals surface area contributed by atoms with Crippen LogP contribution in [0.1, 0.15) is 16.3 Å². The number of hydrogen-bond acceptors (Lipinski definition) is 4. The molecule has 1 heterocycles. The highest BCUT2D eigenvalue weighted by atomic mass is 32.1. The lowest BCUT2D eigenvalue weighted by atomic mass is 10.2. The fraction of sp³-hybridized carbons (Fsp3) is 0.250. The summed E-state index contributed by atoms with van der Waals surface area (Å²) in [6.07, 6.45) is 0. The lowest BCUT2D eigenvalue weighted by Crippen LogP contribution is -2.00. The maximum atomic E-state index is 5.78. The number of nitrogens with zero attached hydrogens (tertiary/aromatic N) is 1. The topological polar surface area (TPSA) is 50.9 Å². The van der Waals surface area contributed by atoms with E-state index in [2.05, 4.69) is 21.7 Å². The highest BCUT2D eigenvalue weighted by molar-refractivity contribution is 7.09. The Balaban J connectivity index is 2.04. The molecule has 0 amide bonds. The molecule has 0 spiro atoms. The zero-order valence-corrected chi connectivity index (χ0v) is 10.3. The van der Waals surface area contributed by atoms with Crippen molar-refractivity contribution in [3.05, 3.63) is 39.8 Å². The number of aryl methyl sites for hydroxylation is 2. The van der Waals surface area contributed by atoms with E-state index in [4.69, 9.17) is 5.73 Å². The molecule has 1 aromatic heterocycles. The molecule has 2 rings (SSSR count). The number of nitrogen functional groups attached to an aromatic ring is 1. The van der Waals surface area contributed by atoms with Crippen molar-refractivity contribution in [3.63, 3.8) is 0 Å². The van der Waals surface area contributed by atoms with Gasteiger partial charge in [0.05, 0.1) is 17.2 Å². The maximum Gasteiger partial charge on any atom is 0.0898 e. The summed E-state index contributed by atoms with van der Waals surface area (Å²) in [5, 5.41) is 6.49. The Hall–Kier alpha value is -1.55. The molecule has 0 atom stereocenters. The van der Waals surface area contributed by atoms with Crippen LogP contribution >= 0.6 is 11.3 Å². The highest BCUT2D eigenvalue weighted by Crippen LogP contribution is 2.17. The van der Waals surface area contributed by atoms with Gasteiger partial charge in [-0.25, -0.2) is 4.98 Å². The lowest BCUT2D eigenvalue weighted by molar-refractivity contribution is 1.05. The smallest absolute Gasteiger partial charge is 0.0898 e. The Bertz CT molecular complexity index is 471. The zero-order valence-electron chi connectivity index (χ0n) is 9.45. The Morgan fingerprint density at radius 2 is 2.12 bits per heavy atom. The predicted molar refractivity (Wildman–Crippen MR) is 69.8 cm³/mol. The van der Waals surface area contributed by atoms with E-state index in [0.717, 1.165) is 34.2 Å². The van der Waals surface area contributed by atoms with Crippen LogP contribution in [0.3, 0.4) is 0 Å². The predicted octanol–water partition coefficient (Wildman–Crippen LogP) is 2.95. The molecule has 2 aromatic rings. The highest BCUT2D eigenvalue weighted by Gasteiger charge is 1.99. The normalized spacial score (nSPS) is 10.4. The molecule has 0 unspecified atom stereocenters. The summed E-state index contributed by atoms with van der Waals surface area (Å²) in [5.41, 5.74) is 9.85. The molecule has 84 valence electrons. The van der Waals surface area contributed by atoms with Crippen LogP contribution in [0.2, 0.25) is 0 Å². The van der Waals surface area contributed by atoms with Crippen LogP contribution in [0, 0.1) is 13.8 Å². The van der Waals surface area contributed by atoms with Gasteiger partial charge in [0, 0.05) is 16.8 Å². The third kappa shape index (κ3) is 2.73. The van der Waals surface area contributed by atoms with E-state index in [0.29, 0.717) is 0 Å². The molecule has 0 aliphatic carbocycles. The van der Waals surface area contributed by atoms with Crippen LogP contribution in [0.4, 0.5) is 11.4 Å². The second-order valence-corrected chi connectivity index (χ2v) is 4.91. The zero-order chi connectivity index (χ0) is 11.5. The van der Waals surface area contributed by atoms with E-state index in [1.165, 1.54) is 0 Å². The average molecular weight is 233 g/mol. The minimum absolute atomic E-state index is 0.743. The third-order valence-electron chi connectivity index (χ3n) is 2.24. The van der Waals surface area contributed by atoms with Gasteiger partial charge in [0.15, 0.2) is 0 Å². The van der Waals surface area contributed by atoms with Gasteiger partial charge in [0.2, 0.25) is 0 Å². The minimum Gasteiger partial charge on any atom is -0.399 e. The molecule has 0 radical (unpaired) electrons. The number of benzene rings is 1. The molecular formula is C12H15N3S. The minimum atomic E-state index is 0.743. The summed E-state index contributed by atoms with van der Waals surface area (Å²) in [6.45, 7) is 4.79. The molecule has 0 saturated carbocycles. The SMILES string of the molecule is Cc1cc(N)cc(NCc2csc(C)n2)c1. The van der Waals surface area contributed by atoms with Crippen molar-refractivity contribution in [1.82, 2.24) is 4.98 Å². The van der Waals surface area contributed by atoms with Crippen molar-refractivity contribution >= 4 is 22.7 Å². The van der Waals surface area contributed by atoms with Gasteiger partial charge in [-0.05, 0) is 37.6 Å². The summed E-state index contributed by atoms with van der Waals surface area (Å²) in [5.74, 6) is 0. The van der Waals surface area contributed by atoms with E-state index in [9.17, 15) is 0 Å². The van der Waals surface area contributed by atoms with Gasteiger partial charge in [-0.2, -0.15) is 0 Å². The number of anilines is 2. The number of thiazole rings is 1. The molecule has 16 heavy (non-hydrogen) atoms. The van der Waals surface area contributed by atoms with Gasteiger partial charge >= 0.3 is 0 Å². The Kier molecular flexibility index (Phi) is 3.10. The van der Waals surface area contributed by atoms with Crippen LogP contribution in [-0.2, 0) is 6.54 Å². The molecular weight excluding hydrogens is 218 g/mol. The van der Waals surface area contributed by atoms with Crippen molar-refractivity contribution in [2.24, 2.45) is 0 Å². The summed E-state index contributed by atoms with van der Waals surface area (Å²) < 4.78 is 0. The number of hydrogen-bond donors (Lipinski definition) is 2. The monoisotopic (exact) mass is 233 g/mol. The Morgan fingerprint density at radius 1 is 1.31 bits per heavy atom. The van der Waals surface area contributed by atoms with Crippen LogP contribution in [0.5, 0.6) is 0 Å². The van der Waals surface area contributed by atoms with Gasteiger partial charge in [0.1, 0.15) is 0 Å². The van der Waals surface area contributed by atoms with Gasteiger partial charge in [-0.1, -0.05) is 0 Å². The largest absolute Gasteiger partial charge is 0.399 e. The van der Waals surface area contributed by atoms with Crippen LogP contribution in [-0.4, -0.2) is 4.98 Å². The first kappa shape index (κ1) is 11.0. The van der Waals surface area contributed by atoms with Crippen molar-refractivity contribution in [2.75, 3.05) is 11.1 Å². The van der Waals surface area contributed by atoms with E-state index in [-0.39, 0.29) is 0 Å². The summed E-state index contributed by atoms with van der Waals surface area (Å²) in [7, 11) is 0. The average Bonchev–Trinajstić information content (AvgIpc) is 2.60. The van der Waals surface area contributed by atoms with Crippen molar-refractivity contribution in [3.8, 4) is 0 Å². The molecule has 0 bridgehead atoms. The first-order valence-corrected chi connectivity index (χ1v) is 6.03. The van der Waals surface area contributed by atoms with Crippen LogP contribution in [0.15, 0.2) is 23.6 Å². The lowest BCUT2D eigenvalue weighted by Gasteiger charge is -2.06. The molecule has 0 aliphatic heterocycles. The van der Waals surface area contributed by atoms with Crippen molar-refractivity contribution < 1.29 is 0 Å². The van der Waals surface area contributed by atoms with Gasteiger partial charge in [-0.3, -0.25) is 0 Å². The van der Waals surface area contributed by atoms with Crippen LogP contribution in [0.25, 0.3) is 0 Å². The first-order valence-electron chi connectivity index (χ1n) is 5.15. The van der Waals surface area contributed by atoms with E-state index >= 15 is 0 Å². The van der Waals surface area contributed by atoms with Crippen LogP contribution < -0.4 is 11.1 Å². The van der Waals surface area contributed by atoms with Crippen molar-refractivity contribution in [1.29, 1.82) is 0 Å². The summed E-state index contributed by atoms with van der Waals surface area (Å²) in [4.78, 5) is 4.40. The Labute approximate surface area is 99.3 Å². The number of rotatable bonds is 3. The molecule has 4 heteroatoms. The van der Waals surface area contributed by atoms with Gasteiger partial charge in [-0.15, -0.1) is 11.3 Å². The van der Waals surface area contributed by atoms with Gasteiger partial charge < -0.3 is 11.1 Å². The molecule has 0 fully saturated rings. The Morgan fingerprint density at radius 3 is 2.75 bits per heavy atom. The number of aromatic nitrogens is 1. The van der Waals surface area contributed by atoms with Crippen molar-refractivity contribution in [2.45, 2.75) is 20.4 Å². The second-order valence-electron chi connectivity index (χ2n) is 3.84. The number of nitrogens with two attached hydrogens (primary N) is 1. The number of nitrogens with one attached hydrogen (secondary N) is 1. The second kappa shape index (κ2) is 4.53. The molecule has 0 saturated heterocycles. The van der Waals surface area contributed by atoms with E-state index < -0.39 is 0 Å². The van der Waals surface area contributed by atoms with Gasteiger partial charge in [0.25, 0.3) is 0 Å². The van der Waals surface area contributed by atoms with E-state index in [1.54, 1.807) is 11.3 Å². The maximum absolute atomic E-state index is 5.78.